The van der Waals surface area contributed by atoms with E-state index in [0.29, 0.717) is 14.3 Å². The fourth-order valence-corrected chi connectivity index (χ4v) is 4.74. The second kappa shape index (κ2) is 7.33. The van der Waals surface area contributed by atoms with Crippen molar-refractivity contribution >= 4 is 31.3 Å². The molecule has 0 fully saturated rings. The highest BCUT2D eigenvalue weighted by Crippen LogP contribution is 2.53. The van der Waals surface area contributed by atoms with Crippen molar-refractivity contribution in [3.8, 4) is 0 Å². The molecule has 1 aromatic rings. The maximum Gasteiger partial charge on any atom is 0.200 e. The van der Waals surface area contributed by atoms with Gasteiger partial charge in [-0.15, -0.1) is 0 Å². The minimum Gasteiger partial charge on any atom is -0.457 e. The van der Waals surface area contributed by atoms with Crippen LogP contribution in [0.5, 0.6) is 0 Å². The molecule has 3 atom stereocenters. The number of rotatable bonds is 4. The number of allylic oxidation sites excluding steroid dienone is 4. The first-order valence-electron chi connectivity index (χ1n) is 9.13. The highest BCUT2D eigenvalue weighted by Gasteiger charge is 2.37. The lowest BCUT2D eigenvalue weighted by molar-refractivity contribution is -0.121. The van der Waals surface area contributed by atoms with Gasteiger partial charge in [-0.05, 0) is 52.6 Å². The molecule has 0 saturated carbocycles. The van der Waals surface area contributed by atoms with Gasteiger partial charge >= 0.3 is 0 Å². The lowest BCUT2D eigenvalue weighted by Gasteiger charge is -2.30. The Balaban J connectivity index is 2.00. The topological polar surface area (TPSA) is 26.3 Å². The molecule has 0 aromatic heterocycles. The average Bonchev–Trinajstić information content (AvgIpc) is 3.03. The molecule has 3 unspecified atom stereocenters. The fourth-order valence-electron chi connectivity index (χ4n) is 3.14. The van der Waals surface area contributed by atoms with E-state index in [1.54, 1.807) is 0 Å². The van der Waals surface area contributed by atoms with Gasteiger partial charge in [0.25, 0.3) is 0 Å². The van der Waals surface area contributed by atoms with Crippen LogP contribution in [0.4, 0.5) is 0 Å². The first-order valence-corrected chi connectivity index (χ1v) is 10.6. The van der Waals surface area contributed by atoms with E-state index >= 15 is 0 Å². The Kier molecular flexibility index (Phi) is 5.47. The number of benzene rings is 1. The van der Waals surface area contributed by atoms with E-state index in [9.17, 15) is 4.79 Å². The van der Waals surface area contributed by atoms with Crippen molar-refractivity contribution in [1.82, 2.24) is 0 Å². The number of carbonyl (C=O) groups is 1. The van der Waals surface area contributed by atoms with Crippen LogP contribution < -0.4 is 0 Å². The average molecular weight is 389 g/mol. The highest BCUT2D eigenvalue weighted by molar-refractivity contribution is 7.52. The molecule has 2 heterocycles. The summed E-state index contributed by atoms with van der Waals surface area (Å²) in [6, 6.07) is 7.99. The van der Waals surface area contributed by atoms with E-state index in [-0.39, 0.29) is 22.8 Å². The Morgan fingerprint density at radius 1 is 1.27 bits per heavy atom. The molecule has 0 saturated heterocycles. The standard InChI is InChI=1S/C22H26ClO2P/c1-6-13(2)20(24)17-12-19-21(25-17)16(22(3,4)5)11-18(26-19)14-7-9-15(23)10-8-14/h7-13,19,26H,6H2,1-5H3. The van der Waals surface area contributed by atoms with Crippen LogP contribution in [-0.4, -0.2) is 11.4 Å². The molecule has 0 bridgehead atoms. The van der Waals surface area contributed by atoms with Crippen LogP contribution in [-0.2, 0) is 9.53 Å². The first-order chi connectivity index (χ1) is 12.2. The minimum absolute atomic E-state index is 0.00730. The first kappa shape index (κ1) is 19.4. The summed E-state index contributed by atoms with van der Waals surface area (Å²) in [6.45, 7) is 10.6. The smallest absolute Gasteiger partial charge is 0.200 e. The third-order valence-corrected chi connectivity index (χ3v) is 6.69. The van der Waals surface area contributed by atoms with Gasteiger partial charge in [0.2, 0.25) is 0 Å². The number of ether oxygens (including phenoxy) is 1. The maximum atomic E-state index is 12.6. The van der Waals surface area contributed by atoms with E-state index < -0.39 is 0 Å². The van der Waals surface area contributed by atoms with Gasteiger partial charge in [0.05, 0.1) is 5.66 Å². The molecule has 4 heteroatoms. The molecule has 0 radical (unpaired) electrons. The lowest BCUT2D eigenvalue weighted by Crippen LogP contribution is -2.17. The molecule has 2 aliphatic rings. The van der Waals surface area contributed by atoms with Crippen LogP contribution in [0.15, 0.2) is 53.5 Å². The Labute approximate surface area is 163 Å². The number of carbonyl (C=O) groups excluding carboxylic acids is 1. The number of hydrogen-bond donors (Lipinski definition) is 0. The minimum atomic E-state index is -0.0567. The van der Waals surface area contributed by atoms with Gasteiger partial charge < -0.3 is 4.74 Å². The van der Waals surface area contributed by atoms with Crippen LogP contribution in [0.3, 0.4) is 0 Å². The second-order valence-corrected chi connectivity index (χ2v) is 9.91. The Morgan fingerprint density at radius 3 is 2.50 bits per heavy atom. The van der Waals surface area contributed by atoms with Crippen molar-refractivity contribution in [1.29, 1.82) is 0 Å². The number of hydrogen-bond acceptors (Lipinski definition) is 2. The zero-order valence-corrected chi connectivity index (χ0v) is 17.8. The summed E-state index contributed by atoms with van der Waals surface area (Å²) in [5.74, 6) is 1.59. The third kappa shape index (κ3) is 3.82. The SMILES string of the molecule is CCC(C)C(=O)C1=CC2PC(c3ccc(Cl)cc3)=CC(C(C)(C)C)=C2O1. The van der Waals surface area contributed by atoms with E-state index in [4.69, 9.17) is 16.3 Å². The zero-order chi connectivity index (χ0) is 19.1. The molecule has 0 amide bonds. The van der Waals surface area contributed by atoms with Gasteiger partial charge in [-0.2, -0.15) is 0 Å². The van der Waals surface area contributed by atoms with E-state index in [1.807, 2.05) is 32.1 Å². The van der Waals surface area contributed by atoms with Gasteiger partial charge in [0.15, 0.2) is 11.5 Å². The molecule has 0 spiro atoms. The summed E-state index contributed by atoms with van der Waals surface area (Å²) < 4.78 is 6.13. The molecule has 1 aromatic carbocycles. The monoisotopic (exact) mass is 388 g/mol. The molecule has 138 valence electrons. The second-order valence-electron chi connectivity index (χ2n) is 8.02. The van der Waals surface area contributed by atoms with Gasteiger partial charge in [0, 0.05) is 10.9 Å². The number of Topliss-reactive ketones (excluding diaryl/α,β-unsaturated/α-hetero) is 1. The van der Waals surface area contributed by atoms with E-state index in [1.165, 1.54) is 16.5 Å². The van der Waals surface area contributed by atoms with Gasteiger partial charge in [-0.3, -0.25) is 4.79 Å². The normalized spacial score (nSPS) is 21.8. The molecule has 26 heavy (non-hydrogen) atoms. The van der Waals surface area contributed by atoms with Crippen LogP contribution in [0.25, 0.3) is 5.31 Å². The molecular formula is C22H26ClO2P. The maximum absolute atomic E-state index is 12.6. The lowest BCUT2D eigenvalue weighted by atomic mass is 9.84. The Bertz CT molecular complexity index is 810. The molecular weight excluding hydrogens is 363 g/mol. The Morgan fingerprint density at radius 2 is 1.92 bits per heavy atom. The number of fused-ring (bicyclic) bond motifs is 1. The van der Waals surface area contributed by atoms with Crippen molar-refractivity contribution < 1.29 is 9.53 Å². The largest absolute Gasteiger partial charge is 0.457 e. The van der Waals surface area contributed by atoms with E-state index in [2.05, 4.69) is 39.0 Å². The van der Waals surface area contributed by atoms with Crippen molar-refractivity contribution in [2.45, 2.75) is 46.7 Å². The van der Waals surface area contributed by atoms with Gasteiger partial charge in [-0.25, -0.2) is 0 Å². The quantitative estimate of drug-likeness (QED) is 0.545. The predicted molar refractivity (Wildman–Crippen MR) is 112 cm³/mol. The Hall–Kier alpha value is -1.37. The molecule has 2 aliphatic heterocycles. The van der Waals surface area contributed by atoms with Crippen molar-refractivity contribution in [2.24, 2.45) is 11.3 Å². The van der Waals surface area contributed by atoms with Crippen LogP contribution in [0.1, 0.15) is 46.6 Å². The summed E-state index contributed by atoms with van der Waals surface area (Å²) in [4.78, 5) is 12.6. The molecule has 0 aliphatic carbocycles. The van der Waals surface area contributed by atoms with E-state index in [0.717, 1.165) is 17.2 Å². The zero-order valence-electron chi connectivity index (χ0n) is 16.0. The number of halogens is 1. The van der Waals surface area contributed by atoms with Gasteiger partial charge in [0.1, 0.15) is 5.76 Å². The highest BCUT2D eigenvalue weighted by atomic mass is 35.5. The summed E-state index contributed by atoms with van der Waals surface area (Å²) in [6.07, 6.45) is 5.11. The van der Waals surface area contributed by atoms with Gasteiger partial charge in [-0.1, -0.05) is 66.9 Å². The van der Waals surface area contributed by atoms with Crippen molar-refractivity contribution in [3.05, 3.63) is 64.1 Å². The number of ketones is 1. The van der Waals surface area contributed by atoms with Crippen molar-refractivity contribution in [2.75, 3.05) is 0 Å². The molecule has 3 rings (SSSR count). The summed E-state index contributed by atoms with van der Waals surface area (Å²) in [7, 11) is 0.545. The fraction of sp³-hybridized carbons (Fsp3) is 0.409. The molecule has 2 nitrogen and oxygen atoms in total. The third-order valence-electron chi connectivity index (χ3n) is 4.95. The van der Waals surface area contributed by atoms with Crippen molar-refractivity contribution in [3.63, 3.8) is 0 Å². The summed E-state index contributed by atoms with van der Waals surface area (Å²) in [5.41, 5.74) is 2.46. The predicted octanol–water partition coefficient (Wildman–Crippen LogP) is 6.57. The summed E-state index contributed by atoms with van der Waals surface area (Å²) >= 11 is 6.04. The van der Waals surface area contributed by atoms with Crippen LogP contribution in [0.2, 0.25) is 5.02 Å². The summed E-state index contributed by atoms with van der Waals surface area (Å²) in [5, 5.41) is 2.03. The van der Waals surface area contributed by atoms with Crippen LogP contribution in [0, 0.1) is 11.3 Å². The molecule has 0 N–H and O–H groups in total. The van der Waals surface area contributed by atoms with Crippen LogP contribution >= 0.6 is 20.2 Å².